The van der Waals surface area contributed by atoms with Gasteiger partial charge in [0.2, 0.25) is 0 Å². The predicted octanol–water partition coefficient (Wildman–Crippen LogP) is 2.45. The number of benzene rings is 1. The number of anilines is 1. The monoisotopic (exact) mass is 311 g/mol. The third-order valence-corrected chi connectivity index (χ3v) is 2.95. The normalized spacial score (nSPS) is 15.7. The van der Waals surface area contributed by atoms with E-state index in [-0.39, 0.29) is 18.1 Å². The number of nitro groups is 1. The zero-order valence-corrected chi connectivity index (χ0v) is 11.1. The number of hydrogen-bond acceptors (Lipinski definition) is 4. The van der Waals surface area contributed by atoms with Gasteiger partial charge in [-0.3, -0.25) is 10.1 Å². The third-order valence-electron chi connectivity index (χ3n) is 2.95. The van der Waals surface area contributed by atoms with Crippen LogP contribution in [0.25, 0.3) is 0 Å². The molecule has 0 aliphatic carbocycles. The van der Waals surface area contributed by atoms with Gasteiger partial charge in [0, 0.05) is 44.0 Å². The molecule has 0 bridgehead atoms. The van der Waals surface area contributed by atoms with Crippen LogP contribution >= 0.6 is 12.4 Å². The number of piperazine rings is 1. The van der Waals surface area contributed by atoms with E-state index in [1.807, 2.05) is 0 Å². The molecule has 0 amide bonds. The molecule has 20 heavy (non-hydrogen) atoms. The van der Waals surface area contributed by atoms with Crippen molar-refractivity contribution in [3.63, 3.8) is 0 Å². The van der Waals surface area contributed by atoms with Gasteiger partial charge in [-0.05, 0) is 6.07 Å². The maximum Gasteiger partial charge on any atom is 0.418 e. The van der Waals surface area contributed by atoms with Gasteiger partial charge >= 0.3 is 6.18 Å². The first kappa shape index (κ1) is 16.5. The molecule has 1 saturated heterocycles. The van der Waals surface area contributed by atoms with Gasteiger partial charge in [-0.1, -0.05) is 0 Å². The molecule has 1 aromatic rings. The number of nitro benzene ring substituents is 1. The van der Waals surface area contributed by atoms with Crippen LogP contribution in [0.15, 0.2) is 18.2 Å². The van der Waals surface area contributed by atoms with E-state index in [1.165, 1.54) is 6.07 Å². The molecule has 2 rings (SSSR count). The van der Waals surface area contributed by atoms with Crippen LogP contribution in [0.2, 0.25) is 0 Å². The molecular formula is C11H13ClF3N3O2. The molecular weight excluding hydrogens is 299 g/mol. The van der Waals surface area contributed by atoms with Crippen molar-refractivity contribution in [3.05, 3.63) is 33.9 Å². The molecule has 112 valence electrons. The lowest BCUT2D eigenvalue weighted by Crippen LogP contribution is -2.44. The van der Waals surface area contributed by atoms with Gasteiger partial charge in [-0.15, -0.1) is 12.4 Å². The minimum absolute atomic E-state index is 0. The number of nitrogens with zero attached hydrogens (tertiary/aromatic N) is 2. The number of nitrogens with one attached hydrogen (secondary N) is 1. The molecule has 0 saturated carbocycles. The van der Waals surface area contributed by atoms with Crippen LogP contribution in [0.3, 0.4) is 0 Å². The van der Waals surface area contributed by atoms with Crippen LogP contribution in [0.5, 0.6) is 0 Å². The predicted molar refractivity (Wildman–Crippen MR) is 70.4 cm³/mol. The summed E-state index contributed by atoms with van der Waals surface area (Å²) in [4.78, 5) is 11.3. The van der Waals surface area contributed by atoms with Gasteiger partial charge in [0.05, 0.1) is 10.5 Å². The molecule has 1 heterocycles. The van der Waals surface area contributed by atoms with Crippen LogP contribution in [0.4, 0.5) is 24.5 Å². The van der Waals surface area contributed by atoms with E-state index in [4.69, 9.17) is 0 Å². The van der Waals surface area contributed by atoms with Crippen molar-refractivity contribution < 1.29 is 18.1 Å². The minimum atomic E-state index is -4.60. The first-order valence-electron chi connectivity index (χ1n) is 5.71. The van der Waals surface area contributed by atoms with Crippen LogP contribution < -0.4 is 10.2 Å². The zero-order chi connectivity index (χ0) is 14.0. The molecule has 0 atom stereocenters. The Bertz CT molecular complexity index is 490. The summed E-state index contributed by atoms with van der Waals surface area (Å²) in [5.41, 5.74) is -1.51. The molecule has 0 spiro atoms. The highest BCUT2D eigenvalue weighted by molar-refractivity contribution is 5.85. The lowest BCUT2D eigenvalue weighted by atomic mass is 10.1. The fourth-order valence-electron chi connectivity index (χ4n) is 2.05. The van der Waals surface area contributed by atoms with Crippen molar-refractivity contribution in [3.8, 4) is 0 Å². The second-order valence-electron chi connectivity index (χ2n) is 4.19. The smallest absolute Gasteiger partial charge is 0.368 e. The zero-order valence-electron chi connectivity index (χ0n) is 10.3. The van der Waals surface area contributed by atoms with Crippen molar-refractivity contribution in [2.24, 2.45) is 0 Å². The lowest BCUT2D eigenvalue weighted by Gasteiger charge is -2.31. The Labute approximate surface area is 119 Å². The van der Waals surface area contributed by atoms with Gasteiger partial charge in [-0.25, -0.2) is 0 Å². The van der Waals surface area contributed by atoms with Gasteiger partial charge in [0.25, 0.3) is 5.69 Å². The van der Waals surface area contributed by atoms with E-state index in [9.17, 15) is 23.3 Å². The highest BCUT2D eigenvalue weighted by Crippen LogP contribution is 2.38. The number of rotatable bonds is 2. The van der Waals surface area contributed by atoms with Crippen molar-refractivity contribution in [1.29, 1.82) is 0 Å². The maximum atomic E-state index is 13.0. The molecule has 0 radical (unpaired) electrons. The summed E-state index contributed by atoms with van der Waals surface area (Å²) >= 11 is 0. The fraction of sp³-hybridized carbons (Fsp3) is 0.455. The van der Waals surface area contributed by atoms with Crippen LogP contribution in [-0.2, 0) is 6.18 Å². The summed E-state index contributed by atoms with van der Waals surface area (Å²) in [6.45, 7) is 2.07. The van der Waals surface area contributed by atoms with Crippen molar-refractivity contribution in [1.82, 2.24) is 5.32 Å². The second kappa shape index (κ2) is 6.27. The molecule has 1 N–H and O–H groups in total. The minimum Gasteiger partial charge on any atom is -0.368 e. The highest BCUT2D eigenvalue weighted by atomic mass is 35.5. The maximum absolute atomic E-state index is 13.0. The number of alkyl halides is 3. The van der Waals surface area contributed by atoms with Gasteiger partial charge < -0.3 is 10.2 Å². The molecule has 0 unspecified atom stereocenters. The van der Waals surface area contributed by atoms with Crippen LogP contribution in [-0.4, -0.2) is 31.1 Å². The Kier molecular flexibility index (Phi) is 5.18. The molecule has 1 aromatic carbocycles. The van der Waals surface area contributed by atoms with E-state index >= 15 is 0 Å². The summed E-state index contributed by atoms with van der Waals surface area (Å²) in [5, 5.41) is 13.6. The van der Waals surface area contributed by atoms with Crippen LogP contribution in [0, 0.1) is 10.1 Å². The Morgan fingerprint density at radius 3 is 2.35 bits per heavy atom. The SMILES string of the molecule is Cl.O=[N+]([O-])c1ccc(N2CCNCC2)c(C(F)(F)F)c1. The molecule has 1 aliphatic rings. The first-order valence-corrected chi connectivity index (χ1v) is 5.71. The summed E-state index contributed by atoms with van der Waals surface area (Å²) in [5.74, 6) is 0. The third kappa shape index (κ3) is 3.51. The van der Waals surface area contributed by atoms with Crippen LogP contribution in [0.1, 0.15) is 5.56 Å². The highest BCUT2D eigenvalue weighted by Gasteiger charge is 2.36. The number of non-ortho nitro benzene ring substituents is 1. The molecule has 1 aliphatic heterocycles. The van der Waals surface area contributed by atoms with E-state index in [0.29, 0.717) is 32.2 Å². The topological polar surface area (TPSA) is 58.4 Å². The lowest BCUT2D eigenvalue weighted by molar-refractivity contribution is -0.385. The van der Waals surface area contributed by atoms with E-state index in [1.54, 1.807) is 4.90 Å². The largest absolute Gasteiger partial charge is 0.418 e. The Hall–Kier alpha value is -1.54. The Balaban J connectivity index is 0.00000200. The van der Waals surface area contributed by atoms with Crippen molar-refractivity contribution in [2.45, 2.75) is 6.18 Å². The summed E-state index contributed by atoms with van der Waals surface area (Å²) in [6.07, 6.45) is -4.60. The average Bonchev–Trinajstić information content (AvgIpc) is 2.38. The fourth-order valence-corrected chi connectivity index (χ4v) is 2.05. The number of halogens is 4. The average molecular weight is 312 g/mol. The van der Waals surface area contributed by atoms with Gasteiger partial charge in [0.1, 0.15) is 0 Å². The molecule has 5 nitrogen and oxygen atoms in total. The van der Waals surface area contributed by atoms with E-state index in [2.05, 4.69) is 5.32 Å². The molecule has 0 aromatic heterocycles. The first-order chi connectivity index (χ1) is 8.89. The summed E-state index contributed by atoms with van der Waals surface area (Å²) in [7, 11) is 0. The quantitative estimate of drug-likeness (QED) is 0.673. The number of hydrogen-bond donors (Lipinski definition) is 1. The van der Waals surface area contributed by atoms with E-state index < -0.39 is 22.4 Å². The Morgan fingerprint density at radius 1 is 1.25 bits per heavy atom. The second-order valence-corrected chi connectivity index (χ2v) is 4.19. The van der Waals surface area contributed by atoms with Crippen molar-refractivity contribution >= 4 is 23.8 Å². The summed E-state index contributed by atoms with van der Waals surface area (Å²) in [6, 6.07) is 2.87. The summed E-state index contributed by atoms with van der Waals surface area (Å²) < 4.78 is 38.9. The van der Waals surface area contributed by atoms with E-state index in [0.717, 1.165) is 6.07 Å². The van der Waals surface area contributed by atoms with Crippen molar-refractivity contribution in [2.75, 3.05) is 31.1 Å². The molecule has 9 heteroatoms. The van der Waals surface area contributed by atoms with Gasteiger partial charge in [0.15, 0.2) is 0 Å². The molecule has 1 fully saturated rings. The van der Waals surface area contributed by atoms with Gasteiger partial charge in [-0.2, -0.15) is 13.2 Å². The Morgan fingerprint density at radius 2 is 1.85 bits per heavy atom. The standard InChI is InChI=1S/C11H12F3N3O2.ClH/c12-11(13,14)9-7-8(17(18)19)1-2-10(9)16-5-3-15-4-6-16;/h1-2,7,15H,3-6H2;1H.